The zero-order valence-corrected chi connectivity index (χ0v) is 12.7. The first-order valence-electron chi connectivity index (χ1n) is 6.97. The summed E-state index contributed by atoms with van der Waals surface area (Å²) in [6.07, 6.45) is 4.50. The fourth-order valence-electron chi connectivity index (χ4n) is 2.30. The molecule has 0 spiro atoms. The summed E-state index contributed by atoms with van der Waals surface area (Å²) in [5, 5.41) is 6.77. The van der Waals surface area contributed by atoms with Gasteiger partial charge in [-0.25, -0.2) is 9.37 Å². The van der Waals surface area contributed by atoms with E-state index in [1.165, 1.54) is 17.5 Å². The van der Waals surface area contributed by atoms with Crippen LogP contribution < -0.4 is 5.32 Å². The van der Waals surface area contributed by atoms with Gasteiger partial charge >= 0.3 is 0 Å². The van der Waals surface area contributed by atoms with Gasteiger partial charge in [0.05, 0.1) is 29.3 Å². The second kappa shape index (κ2) is 5.73. The van der Waals surface area contributed by atoms with Crippen LogP contribution in [0.5, 0.6) is 0 Å². The molecule has 0 bridgehead atoms. The van der Waals surface area contributed by atoms with E-state index in [9.17, 15) is 4.39 Å². The summed E-state index contributed by atoms with van der Waals surface area (Å²) >= 11 is 1.42. The molecule has 4 rings (SSSR count). The largest absolute Gasteiger partial charge is 0.330 e. The average Bonchev–Trinajstić information content (AvgIpc) is 3.03. The number of benzene rings is 1. The van der Waals surface area contributed by atoms with Crippen LogP contribution in [0.4, 0.5) is 15.2 Å². The van der Waals surface area contributed by atoms with Crippen molar-refractivity contribution in [2.75, 3.05) is 5.32 Å². The van der Waals surface area contributed by atoms with Crippen molar-refractivity contribution in [1.82, 2.24) is 15.0 Å². The molecule has 0 radical (unpaired) electrons. The molecule has 6 heteroatoms. The molecular weight excluding hydrogens is 311 g/mol. The first-order chi connectivity index (χ1) is 11.3. The number of pyridine rings is 2. The summed E-state index contributed by atoms with van der Waals surface area (Å²) < 4.78 is 13.8. The summed E-state index contributed by atoms with van der Waals surface area (Å²) in [4.78, 5) is 12.6. The second-order valence-corrected chi connectivity index (χ2v) is 5.79. The van der Waals surface area contributed by atoms with E-state index >= 15 is 0 Å². The first kappa shape index (κ1) is 13.8. The third-order valence-corrected chi connectivity index (χ3v) is 4.15. The predicted molar refractivity (Wildman–Crippen MR) is 90.3 cm³/mol. The Hall–Kier alpha value is -2.86. The van der Waals surface area contributed by atoms with Gasteiger partial charge in [0, 0.05) is 22.5 Å². The summed E-state index contributed by atoms with van der Waals surface area (Å²) in [7, 11) is 0. The monoisotopic (exact) mass is 322 g/mol. The minimum atomic E-state index is -0.378. The number of hydrogen-bond donors (Lipinski definition) is 1. The smallest absolute Gasteiger partial charge is 0.187 e. The number of aromatic nitrogens is 3. The Morgan fingerprint density at radius 2 is 2.00 bits per heavy atom. The highest BCUT2D eigenvalue weighted by molar-refractivity contribution is 7.14. The number of nitrogens with one attached hydrogen (secondary N) is 1. The van der Waals surface area contributed by atoms with E-state index in [-0.39, 0.29) is 5.82 Å². The molecule has 0 saturated carbocycles. The number of hydrogen-bond acceptors (Lipinski definition) is 5. The Balaban J connectivity index is 1.63. The Labute approximate surface area is 135 Å². The number of thiazole rings is 1. The van der Waals surface area contributed by atoms with Crippen molar-refractivity contribution in [2.24, 2.45) is 0 Å². The maximum Gasteiger partial charge on any atom is 0.187 e. The summed E-state index contributed by atoms with van der Waals surface area (Å²) in [6.45, 7) is 0. The third kappa shape index (κ3) is 2.76. The van der Waals surface area contributed by atoms with E-state index in [1.54, 1.807) is 18.5 Å². The van der Waals surface area contributed by atoms with Gasteiger partial charge in [-0.1, -0.05) is 18.2 Å². The van der Waals surface area contributed by atoms with Crippen LogP contribution in [0.25, 0.3) is 22.2 Å². The summed E-state index contributed by atoms with van der Waals surface area (Å²) in [6, 6.07) is 11.5. The van der Waals surface area contributed by atoms with Crippen LogP contribution in [0.15, 0.2) is 60.4 Å². The Bertz CT molecular complexity index is 983. The molecule has 0 fully saturated rings. The van der Waals surface area contributed by atoms with E-state index in [2.05, 4.69) is 20.3 Å². The Morgan fingerprint density at radius 1 is 1.09 bits per heavy atom. The van der Waals surface area contributed by atoms with Crippen molar-refractivity contribution >= 4 is 33.1 Å². The van der Waals surface area contributed by atoms with Crippen LogP contribution in [0.2, 0.25) is 0 Å². The molecule has 112 valence electrons. The van der Waals surface area contributed by atoms with Gasteiger partial charge in [-0.2, -0.15) is 0 Å². The lowest BCUT2D eigenvalue weighted by atomic mass is 10.2. The molecule has 1 N–H and O–H groups in total. The van der Waals surface area contributed by atoms with Crippen molar-refractivity contribution in [3.05, 3.63) is 66.2 Å². The van der Waals surface area contributed by atoms with Gasteiger partial charge in [-0.05, 0) is 18.2 Å². The molecule has 1 aromatic carbocycles. The highest BCUT2D eigenvalue weighted by atomic mass is 32.1. The highest BCUT2D eigenvalue weighted by Gasteiger charge is 2.09. The quantitative estimate of drug-likeness (QED) is 0.597. The fourth-order valence-corrected chi connectivity index (χ4v) is 3.03. The van der Waals surface area contributed by atoms with Crippen LogP contribution in [0.3, 0.4) is 0 Å². The average molecular weight is 322 g/mol. The molecule has 3 heterocycles. The normalized spacial score (nSPS) is 10.8. The molecule has 0 atom stereocenters. The lowest BCUT2D eigenvalue weighted by Crippen LogP contribution is -1.92. The molecule has 4 nitrogen and oxygen atoms in total. The molecule has 4 aromatic rings. The number of nitrogens with zero attached hydrogens (tertiary/aromatic N) is 3. The SMILES string of the molecule is Fc1cnccc1-c1csc(Nc2cnc3ccccc3c2)n1. The summed E-state index contributed by atoms with van der Waals surface area (Å²) in [5.74, 6) is -0.378. The number of para-hydroxylation sites is 1. The fraction of sp³-hybridized carbons (Fsp3) is 0. The van der Waals surface area contributed by atoms with Gasteiger partial charge in [0.15, 0.2) is 10.9 Å². The lowest BCUT2D eigenvalue weighted by molar-refractivity contribution is 0.624. The molecular formula is C17H11FN4S. The number of rotatable bonds is 3. The van der Waals surface area contributed by atoms with Gasteiger partial charge in [0.2, 0.25) is 0 Å². The van der Waals surface area contributed by atoms with Gasteiger partial charge < -0.3 is 5.32 Å². The maximum atomic E-state index is 13.8. The maximum absolute atomic E-state index is 13.8. The predicted octanol–water partition coefficient (Wildman–Crippen LogP) is 4.64. The topological polar surface area (TPSA) is 50.7 Å². The lowest BCUT2D eigenvalue weighted by Gasteiger charge is -2.04. The van der Waals surface area contributed by atoms with E-state index in [0.717, 1.165) is 16.6 Å². The zero-order chi connectivity index (χ0) is 15.6. The molecule has 0 aliphatic carbocycles. The molecule has 23 heavy (non-hydrogen) atoms. The van der Waals surface area contributed by atoms with E-state index in [1.807, 2.05) is 35.7 Å². The van der Waals surface area contributed by atoms with E-state index < -0.39 is 0 Å². The number of anilines is 2. The minimum absolute atomic E-state index is 0.378. The van der Waals surface area contributed by atoms with Crippen molar-refractivity contribution < 1.29 is 4.39 Å². The number of fused-ring (bicyclic) bond motifs is 1. The molecule has 0 saturated heterocycles. The van der Waals surface area contributed by atoms with Gasteiger partial charge in [0.25, 0.3) is 0 Å². The Kier molecular flexibility index (Phi) is 3.44. The van der Waals surface area contributed by atoms with Crippen LogP contribution in [-0.4, -0.2) is 15.0 Å². The molecule has 0 amide bonds. The molecule has 3 aromatic heterocycles. The van der Waals surface area contributed by atoms with Crippen LogP contribution >= 0.6 is 11.3 Å². The second-order valence-electron chi connectivity index (χ2n) is 4.94. The van der Waals surface area contributed by atoms with Crippen molar-refractivity contribution in [1.29, 1.82) is 0 Å². The van der Waals surface area contributed by atoms with Gasteiger partial charge in [0.1, 0.15) is 0 Å². The number of halogens is 1. The molecule has 0 aliphatic heterocycles. The van der Waals surface area contributed by atoms with E-state index in [4.69, 9.17) is 0 Å². The zero-order valence-electron chi connectivity index (χ0n) is 11.9. The Morgan fingerprint density at radius 3 is 2.91 bits per heavy atom. The van der Waals surface area contributed by atoms with Gasteiger partial charge in [-0.15, -0.1) is 11.3 Å². The van der Waals surface area contributed by atoms with Crippen molar-refractivity contribution in [2.45, 2.75) is 0 Å². The standard InChI is InChI=1S/C17H11FN4S/c18-14-9-19-6-5-13(14)16-10-23-17(22-16)21-12-7-11-3-1-2-4-15(11)20-8-12/h1-10H,(H,21,22). The molecule has 0 unspecified atom stereocenters. The minimum Gasteiger partial charge on any atom is -0.330 e. The van der Waals surface area contributed by atoms with Crippen molar-refractivity contribution in [3.63, 3.8) is 0 Å². The summed E-state index contributed by atoms with van der Waals surface area (Å²) in [5.41, 5.74) is 2.82. The van der Waals surface area contributed by atoms with Crippen LogP contribution in [-0.2, 0) is 0 Å². The van der Waals surface area contributed by atoms with Crippen LogP contribution in [0.1, 0.15) is 0 Å². The third-order valence-electron chi connectivity index (χ3n) is 3.39. The van der Waals surface area contributed by atoms with E-state index in [0.29, 0.717) is 16.4 Å². The van der Waals surface area contributed by atoms with Gasteiger partial charge in [-0.3, -0.25) is 9.97 Å². The highest BCUT2D eigenvalue weighted by Crippen LogP contribution is 2.28. The van der Waals surface area contributed by atoms with Crippen molar-refractivity contribution in [3.8, 4) is 11.3 Å². The molecule has 0 aliphatic rings. The van der Waals surface area contributed by atoms with Crippen LogP contribution in [0, 0.1) is 5.82 Å². The first-order valence-corrected chi connectivity index (χ1v) is 7.85.